The fourth-order valence-corrected chi connectivity index (χ4v) is 1.55. The van der Waals surface area contributed by atoms with Crippen molar-refractivity contribution in [3.05, 3.63) is 15.5 Å². The van der Waals surface area contributed by atoms with Crippen LogP contribution < -0.4 is 0 Å². The van der Waals surface area contributed by atoms with Crippen LogP contribution in [0.4, 0.5) is 0 Å². The van der Waals surface area contributed by atoms with Gasteiger partial charge in [0.15, 0.2) is 10.6 Å². The average molecular weight is 208 g/mol. The Balaban J connectivity index is 2.77. The molecule has 0 aliphatic heterocycles. The number of carbonyl (C=O) groups is 1. The van der Waals surface area contributed by atoms with Gasteiger partial charge in [-0.15, -0.1) is 11.3 Å². The number of hydrogen-bond acceptors (Lipinski definition) is 5. The molecule has 0 aromatic carbocycles. The van der Waals surface area contributed by atoms with Crippen LogP contribution in [0, 0.1) is 0 Å². The quantitative estimate of drug-likeness (QED) is 0.736. The van der Waals surface area contributed by atoms with E-state index < -0.39 is 12.1 Å². The molecule has 0 fully saturated rings. The Bertz CT molecular complexity index is 288. The minimum Gasteiger partial charge on any atom is -0.467 e. The van der Waals surface area contributed by atoms with Gasteiger partial charge in [-0.05, 0) is 0 Å². The Hall–Kier alpha value is -0.650. The van der Waals surface area contributed by atoms with Crippen LogP contribution >= 0.6 is 22.9 Å². The van der Waals surface area contributed by atoms with E-state index in [9.17, 15) is 9.90 Å². The number of rotatable bonds is 2. The van der Waals surface area contributed by atoms with Gasteiger partial charge in [-0.1, -0.05) is 11.6 Å². The number of methoxy groups -OCH3 is 1. The molecule has 12 heavy (non-hydrogen) atoms. The first-order chi connectivity index (χ1) is 5.65. The van der Waals surface area contributed by atoms with Gasteiger partial charge in [-0.2, -0.15) is 0 Å². The molecule has 66 valence electrons. The predicted molar refractivity (Wildman–Crippen MR) is 44.1 cm³/mol. The fraction of sp³-hybridized carbons (Fsp3) is 0.333. The maximum Gasteiger partial charge on any atom is 0.340 e. The van der Waals surface area contributed by atoms with Crippen LogP contribution in [0.25, 0.3) is 0 Å². The number of aromatic nitrogens is 1. The monoisotopic (exact) mass is 207 g/mol. The highest BCUT2D eigenvalue weighted by molar-refractivity contribution is 7.15. The lowest BCUT2D eigenvalue weighted by molar-refractivity contribution is -0.150. The Labute approximate surface area is 77.8 Å². The predicted octanol–water partition coefficient (Wildman–Crippen LogP) is 1.00. The minimum absolute atomic E-state index is 0.285. The van der Waals surface area contributed by atoms with Gasteiger partial charge in [0.25, 0.3) is 0 Å². The van der Waals surface area contributed by atoms with Crippen LogP contribution in [-0.2, 0) is 9.53 Å². The number of thiazole rings is 1. The molecule has 0 aliphatic carbocycles. The molecule has 1 atom stereocenters. The number of hydrogen-bond donors (Lipinski definition) is 1. The van der Waals surface area contributed by atoms with Crippen LogP contribution in [-0.4, -0.2) is 23.2 Å². The van der Waals surface area contributed by atoms with E-state index in [0.29, 0.717) is 4.88 Å². The lowest BCUT2D eigenvalue weighted by Gasteiger charge is -2.03. The highest BCUT2D eigenvalue weighted by Gasteiger charge is 2.20. The van der Waals surface area contributed by atoms with Crippen LogP contribution in [0.3, 0.4) is 0 Å². The molecule has 1 aromatic rings. The molecule has 1 aromatic heterocycles. The van der Waals surface area contributed by atoms with Crippen LogP contribution in [0.1, 0.15) is 11.0 Å². The second-order valence-electron chi connectivity index (χ2n) is 1.94. The molecule has 0 saturated heterocycles. The van der Waals surface area contributed by atoms with Crippen molar-refractivity contribution in [3.8, 4) is 0 Å². The molecule has 0 bridgehead atoms. The highest BCUT2D eigenvalue weighted by Crippen LogP contribution is 2.24. The van der Waals surface area contributed by atoms with Crippen molar-refractivity contribution in [2.24, 2.45) is 0 Å². The summed E-state index contributed by atoms with van der Waals surface area (Å²) in [5, 5.41) is 9.24. The Morgan fingerprint density at radius 1 is 1.92 bits per heavy atom. The Morgan fingerprint density at radius 3 is 3.00 bits per heavy atom. The Kier molecular flexibility index (Phi) is 3.02. The van der Waals surface area contributed by atoms with Gasteiger partial charge in [0.1, 0.15) is 0 Å². The third-order valence-corrected chi connectivity index (χ3v) is 2.36. The summed E-state index contributed by atoms with van der Waals surface area (Å²) in [5.74, 6) is -0.713. The van der Waals surface area contributed by atoms with Gasteiger partial charge in [0.2, 0.25) is 0 Å². The molecule has 0 amide bonds. The fourth-order valence-electron chi connectivity index (χ4n) is 0.619. The molecule has 0 saturated carbocycles. The number of ether oxygens (including phenoxy) is 1. The molecule has 1 heterocycles. The molecular formula is C6H6ClNO3S. The first-order valence-corrected chi connectivity index (χ1v) is 4.21. The maximum absolute atomic E-state index is 10.8. The third-order valence-electron chi connectivity index (χ3n) is 1.19. The van der Waals surface area contributed by atoms with Crippen molar-refractivity contribution in [3.63, 3.8) is 0 Å². The summed E-state index contributed by atoms with van der Waals surface area (Å²) in [4.78, 5) is 14.8. The van der Waals surface area contributed by atoms with Gasteiger partial charge in [-0.3, -0.25) is 0 Å². The van der Waals surface area contributed by atoms with Gasteiger partial charge >= 0.3 is 5.97 Å². The van der Waals surface area contributed by atoms with Gasteiger partial charge in [0, 0.05) is 6.20 Å². The number of aliphatic hydroxyl groups excluding tert-OH is 1. The van der Waals surface area contributed by atoms with Crippen LogP contribution in [0.5, 0.6) is 0 Å². The molecule has 0 radical (unpaired) electrons. The number of halogens is 1. The molecule has 4 nitrogen and oxygen atoms in total. The van der Waals surface area contributed by atoms with E-state index in [0.717, 1.165) is 11.3 Å². The minimum atomic E-state index is -1.28. The van der Waals surface area contributed by atoms with Crippen molar-refractivity contribution in [2.45, 2.75) is 6.10 Å². The topological polar surface area (TPSA) is 59.4 Å². The zero-order valence-corrected chi connectivity index (χ0v) is 7.72. The Morgan fingerprint density at radius 2 is 2.58 bits per heavy atom. The van der Waals surface area contributed by atoms with Gasteiger partial charge < -0.3 is 9.84 Å². The first-order valence-electron chi connectivity index (χ1n) is 3.02. The summed E-state index contributed by atoms with van der Waals surface area (Å²) >= 11 is 6.54. The molecule has 1 unspecified atom stereocenters. The first kappa shape index (κ1) is 9.44. The second kappa shape index (κ2) is 3.84. The van der Waals surface area contributed by atoms with Crippen LogP contribution in [0.15, 0.2) is 6.20 Å². The number of nitrogens with zero attached hydrogens (tertiary/aromatic N) is 1. The number of carbonyl (C=O) groups excluding carboxylic acids is 1. The van der Waals surface area contributed by atoms with Gasteiger partial charge in [-0.25, -0.2) is 9.78 Å². The maximum atomic E-state index is 10.8. The van der Waals surface area contributed by atoms with Gasteiger partial charge in [0.05, 0.1) is 12.0 Å². The van der Waals surface area contributed by atoms with E-state index in [1.807, 2.05) is 0 Å². The van der Waals surface area contributed by atoms with E-state index in [-0.39, 0.29) is 4.47 Å². The molecule has 6 heteroatoms. The number of esters is 1. The van der Waals surface area contributed by atoms with Crippen molar-refractivity contribution in [2.75, 3.05) is 7.11 Å². The lowest BCUT2D eigenvalue weighted by atomic mass is 10.3. The molecule has 0 spiro atoms. The number of aliphatic hydroxyl groups is 1. The molecular weight excluding hydrogens is 202 g/mol. The second-order valence-corrected chi connectivity index (χ2v) is 3.59. The molecule has 1 N–H and O–H groups in total. The van der Waals surface area contributed by atoms with E-state index >= 15 is 0 Å². The normalized spacial score (nSPS) is 12.6. The summed E-state index contributed by atoms with van der Waals surface area (Å²) < 4.78 is 4.61. The zero-order valence-electron chi connectivity index (χ0n) is 6.15. The smallest absolute Gasteiger partial charge is 0.340 e. The standard InChI is InChI=1S/C6H6ClNO3S/c1-11-5(10)4(9)3-2-8-6(7)12-3/h2,4,9H,1H3. The van der Waals surface area contributed by atoms with Crippen molar-refractivity contribution >= 4 is 28.9 Å². The van der Waals surface area contributed by atoms with Crippen LogP contribution in [0.2, 0.25) is 4.47 Å². The highest BCUT2D eigenvalue weighted by atomic mass is 35.5. The van der Waals surface area contributed by atoms with Crippen molar-refractivity contribution in [1.82, 2.24) is 4.98 Å². The summed E-state index contributed by atoms with van der Waals surface area (Å²) in [6.45, 7) is 0. The largest absolute Gasteiger partial charge is 0.467 e. The average Bonchev–Trinajstić information content (AvgIpc) is 2.49. The molecule has 0 aliphatic rings. The van der Waals surface area contributed by atoms with E-state index in [2.05, 4.69) is 9.72 Å². The van der Waals surface area contributed by atoms with Crippen molar-refractivity contribution < 1.29 is 14.6 Å². The molecule has 1 rings (SSSR count). The third kappa shape index (κ3) is 1.94. The zero-order chi connectivity index (χ0) is 9.14. The summed E-state index contributed by atoms with van der Waals surface area (Å²) in [6, 6.07) is 0. The lowest BCUT2D eigenvalue weighted by Crippen LogP contribution is -2.11. The summed E-state index contributed by atoms with van der Waals surface area (Å²) in [7, 11) is 1.20. The van der Waals surface area contributed by atoms with Crippen molar-refractivity contribution in [1.29, 1.82) is 0 Å². The van der Waals surface area contributed by atoms with E-state index in [1.54, 1.807) is 0 Å². The SMILES string of the molecule is COC(=O)C(O)c1cnc(Cl)s1. The summed E-state index contributed by atoms with van der Waals surface area (Å²) in [6.07, 6.45) is 0.0641. The van der Waals surface area contributed by atoms with E-state index in [1.165, 1.54) is 13.3 Å². The van der Waals surface area contributed by atoms with E-state index in [4.69, 9.17) is 11.6 Å². The summed E-state index contributed by atoms with van der Waals surface area (Å²) in [5.41, 5.74) is 0.